The Balaban J connectivity index is -0.000000245. The maximum atomic E-state index is 10.3. The summed E-state index contributed by atoms with van der Waals surface area (Å²) in [4.78, 5) is 16.9. The summed E-state index contributed by atoms with van der Waals surface area (Å²) in [6.07, 6.45) is 0. The van der Waals surface area contributed by atoms with E-state index in [-0.39, 0.29) is 65.4 Å². The van der Waals surface area contributed by atoms with E-state index in [9.17, 15) is 4.57 Å². The maximum absolute atomic E-state index is 10.3. The van der Waals surface area contributed by atoms with E-state index < -0.39 is 12.8 Å². The van der Waals surface area contributed by atoms with Crippen LogP contribution in [0.5, 0.6) is 0 Å². The van der Waals surface area contributed by atoms with Crippen molar-refractivity contribution < 1.29 is 79.8 Å². The van der Waals surface area contributed by atoms with Crippen molar-refractivity contribution in [2.75, 3.05) is 0 Å². The fourth-order valence-corrected chi connectivity index (χ4v) is 0. The maximum Gasteiger partial charge on any atom is 0.330 e. The van der Waals surface area contributed by atoms with Crippen LogP contribution in [0.1, 0.15) is 20.8 Å². The molecule has 0 aromatic heterocycles. The Kier molecular flexibility index (Phi) is 10.8. The molecule has 0 aromatic rings. The molecule has 0 aliphatic heterocycles. The summed E-state index contributed by atoms with van der Waals surface area (Å²) < 4.78 is 10.3. The van der Waals surface area contributed by atoms with Gasteiger partial charge in [0.05, 0.1) is 5.16 Å². The van der Waals surface area contributed by atoms with Crippen molar-refractivity contribution >= 4 is 7.60 Å². The third-order valence-corrected chi connectivity index (χ3v) is 2.62. The smallest absolute Gasteiger partial charge is 0.324 e. The van der Waals surface area contributed by atoms with Gasteiger partial charge in [0.25, 0.3) is 0 Å². The zero-order chi connectivity index (χ0) is 7.00. The second kappa shape index (κ2) is 5.91. The topological polar surface area (TPSA) is 57.5 Å². The molecule has 0 heterocycles. The van der Waals surface area contributed by atoms with Crippen LogP contribution < -0.4 is 0 Å². The summed E-state index contributed by atoms with van der Waals surface area (Å²) in [7, 11) is -3.85. The van der Waals surface area contributed by atoms with E-state index in [4.69, 9.17) is 9.79 Å². The standard InChI is InChI=1S/C4H11O3P.2Y/c1-4(2,3)8(5,6)7;;/h1-3H3,(H2,5,6,7);;. The van der Waals surface area contributed by atoms with E-state index in [0.29, 0.717) is 0 Å². The Hall–Kier alpha value is 2.36. The van der Waals surface area contributed by atoms with Gasteiger partial charge in [-0.3, -0.25) is 4.57 Å². The summed E-state index contributed by atoms with van der Waals surface area (Å²) in [6, 6.07) is 0. The summed E-state index contributed by atoms with van der Waals surface area (Å²) >= 11 is 0. The van der Waals surface area contributed by atoms with Gasteiger partial charge >= 0.3 is 7.60 Å². The fraction of sp³-hybridized carbons (Fsp3) is 1.00. The summed E-state index contributed by atoms with van der Waals surface area (Å²) in [5, 5.41) is -0.896. The monoisotopic (exact) mass is 316 g/mol. The van der Waals surface area contributed by atoms with Crippen molar-refractivity contribution in [2.45, 2.75) is 25.9 Å². The molecule has 2 N–H and O–H groups in total. The largest absolute Gasteiger partial charge is 0.330 e. The van der Waals surface area contributed by atoms with Gasteiger partial charge in [-0.2, -0.15) is 0 Å². The van der Waals surface area contributed by atoms with Crippen LogP contribution in [-0.2, 0) is 70.0 Å². The van der Waals surface area contributed by atoms with Gasteiger partial charge in [0.15, 0.2) is 0 Å². The molecule has 0 rings (SSSR count). The molecule has 2 radical (unpaired) electrons. The van der Waals surface area contributed by atoms with Crippen LogP contribution in [0.15, 0.2) is 0 Å². The van der Waals surface area contributed by atoms with Crippen LogP contribution in [0.25, 0.3) is 0 Å². The second-order valence-corrected chi connectivity index (χ2v) is 5.14. The van der Waals surface area contributed by atoms with Crippen LogP contribution in [0.3, 0.4) is 0 Å². The van der Waals surface area contributed by atoms with Crippen molar-refractivity contribution in [2.24, 2.45) is 0 Å². The average molecular weight is 316 g/mol. The minimum atomic E-state index is -3.85. The second-order valence-electron chi connectivity index (χ2n) is 2.71. The third kappa shape index (κ3) is 7.03. The molecule has 0 saturated heterocycles. The molecule has 0 aromatic carbocycles. The molecule has 6 heteroatoms. The van der Waals surface area contributed by atoms with E-state index in [1.807, 2.05) is 0 Å². The van der Waals surface area contributed by atoms with Gasteiger partial charge < -0.3 is 9.79 Å². The number of hydrogen-bond acceptors (Lipinski definition) is 1. The molecule has 0 bridgehead atoms. The summed E-state index contributed by atoms with van der Waals surface area (Å²) in [5.41, 5.74) is 0. The van der Waals surface area contributed by atoms with Gasteiger partial charge in [-0.15, -0.1) is 0 Å². The minimum Gasteiger partial charge on any atom is -0.324 e. The Morgan fingerprint density at radius 2 is 1.20 bits per heavy atom. The molecule has 0 aliphatic rings. The van der Waals surface area contributed by atoms with Crippen molar-refractivity contribution in [1.82, 2.24) is 0 Å². The molecule has 0 spiro atoms. The van der Waals surface area contributed by atoms with Crippen LogP contribution in [0.4, 0.5) is 0 Å². The molecular formula is C4H11O3PY2. The quantitative estimate of drug-likeness (QED) is 0.655. The molecule has 0 amide bonds. The van der Waals surface area contributed by atoms with Gasteiger partial charge in [-0.05, 0) is 20.8 Å². The van der Waals surface area contributed by atoms with Crippen molar-refractivity contribution in [3.63, 3.8) is 0 Å². The van der Waals surface area contributed by atoms with Crippen LogP contribution >= 0.6 is 7.60 Å². The number of hydrogen-bond donors (Lipinski definition) is 2. The first kappa shape index (κ1) is 18.2. The minimum absolute atomic E-state index is 0. The third-order valence-electron chi connectivity index (χ3n) is 0.874. The average Bonchev–Trinajstić information content (AvgIpc) is 1.25. The van der Waals surface area contributed by atoms with E-state index >= 15 is 0 Å². The normalized spacial score (nSPS) is 11.3. The molecule has 0 atom stereocenters. The van der Waals surface area contributed by atoms with E-state index in [1.54, 1.807) is 0 Å². The van der Waals surface area contributed by atoms with Crippen LogP contribution in [0, 0.1) is 0 Å². The molecule has 10 heavy (non-hydrogen) atoms. The van der Waals surface area contributed by atoms with Gasteiger partial charge in [-0.1, -0.05) is 0 Å². The predicted molar refractivity (Wildman–Crippen MR) is 31.8 cm³/mol. The van der Waals surface area contributed by atoms with Gasteiger partial charge in [0, 0.05) is 65.4 Å². The Bertz CT molecular complexity index is 125. The van der Waals surface area contributed by atoms with Crippen molar-refractivity contribution in [3.05, 3.63) is 0 Å². The van der Waals surface area contributed by atoms with Crippen molar-refractivity contribution in [3.8, 4) is 0 Å². The Labute approximate surface area is 112 Å². The first-order valence-corrected chi connectivity index (χ1v) is 3.92. The Morgan fingerprint density at radius 1 is 1.10 bits per heavy atom. The molecule has 3 nitrogen and oxygen atoms in total. The zero-order valence-electron chi connectivity index (χ0n) is 6.40. The molecule has 0 fully saturated rings. The molecule has 0 unspecified atom stereocenters. The predicted octanol–water partition coefficient (Wildman–Crippen LogP) is 0.958. The summed E-state index contributed by atoms with van der Waals surface area (Å²) in [5.74, 6) is 0. The van der Waals surface area contributed by atoms with Gasteiger partial charge in [0.1, 0.15) is 0 Å². The van der Waals surface area contributed by atoms with E-state index in [2.05, 4.69) is 0 Å². The van der Waals surface area contributed by atoms with Crippen molar-refractivity contribution in [1.29, 1.82) is 0 Å². The molecule has 0 aliphatic carbocycles. The fourth-order valence-electron chi connectivity index (χ4n) is 0. The van der Waals surface area contributed by atoms with Crippen LogP contribution in [0.2, 0.25) is 0 Å². The van der Waals surface area contributed by atoms with E-state index in [0.717, 1.165) is 0 Å². The van der Waals surface area contributed by atoms with E-state index in [1.165, 1.54) is 20.8 Å². The first-order valence-electron chi connectivity index (χ1n) is 2.31. The van der Waals surface area contributed by atoms with Crippen LogP contribution in [-0.4, -0.2) is 14.9 Å². The molecular weight excluding hydrogens is 305 g/mol. The van der Waals surface area contributed by atoms with Gasteiger partial charge in [0.2, 0.25) is 0 Å². The Morgan fingerprint density at radius 3 is 1.20 bits per heavy atom. The summed E-state index contributed by atoms with van der Waals surface area (Å²) in [6.45, 7) is 4.52. The SMILES string of the molecule is CC(C)(C)P(=O)(O)O.[Y].[Y]. The first-order chi connectivity index (χ1) is 3.25. The zero-order valence-corrected chi connectivity index (χ0v) is 13.0. The molecule has 0 saturated carbocycles. The van der Waals surface area contributed by atoms with Gasteiger partial charge in [-0.25, -0.2) is 0 Å². The molecule has 56 valence electrons. The number of rotatable bonds is 0.